The molecule has 1 rings (SSSR count). The van der Waals surface area contributed by atoms with Gasteiger partial charge in [0.2, 0.25) is 5.88 Å². The first-order chi connectivity index (χ1) is 7.26. The smallest absolute Gasteiger partial charge is 0.218 e. The summed E-state index contributed by atoms with van der Waals surface area (Å²) in [5.74, 6) is 1.48. The van der Waals surface area contributed by atoms with E-state index in [2.05, 4.69) is 9.97 Å². The van der Waals surface area contributed by atoms with Crippen LogP contribution in [0.3, 0.4) is 0 Å². The summed E-state index contributed by atoms with van der Waals surface area (Å²) in [6.45, 7) is 5.57. The Bertz CT molecular complexity index is 278. The van der Waals surface area contributed by atoms with Crippen molar-refractivity contribution in [2.45, 2.75) is 26.9 Å². The minimum atomic E-state index is 0.365. The number of hydrogen-bond acceptors (Lipinski definition) is 5. The fourth-order valence-electron chi connectivity index (χ4n) is 1.03. The molecule has 0 aliphatic rings. The Morgan fingerprint density at radius 3 is 2.80 bits per heavy atom. The Balaban J connectivity index is 2.66. The fraction of sp³-hybridized carbons (Fsp3) is 0.600. The Labute approximate surface area is 89.6 Å². The van der Waals surface area contributed by atoms with Crippen molar-refractivity contribution in [2.75, 3.05) is 18.9 Å². The predicted octanol–water partition coefficient (Wildman–Crippen LogP) is 1.38. The van der Waals surface area contributed by atoms with Gasteiger partial charge in [-0.1, -0.05) is 6.92 Å². The van der Waals surface area contributed by atoms with Gasteiger partial charge in [0.05, 0.1) is 6.61 Å². The highest BCUT2D eigenvalue weighted by Gasteiger charge is 2.03. The number of nitrogens with two attached hydrogens (primary N) is 1. The minimum absolute atomic E-state index is 0.365. The van der Waals surface area contributed by atoms with Crippen LogP contribution in [0.15, 0.2) is 6.07 Å². The summed E-state index contributed by atoms with van der Waals surface area (Å²) in [7, 11) is 0. The van der Waals surface area contributed by atoms with Crippen molar-refractivity contribution in [3.8, 4) is 5.88 Å². The van der Waals surface area contributed by atoms with E-state index >= 15 is 0 Å². The Morgan fingerprint density at radius 2 is 2.13 bits per heavy atom. The average Bonchev–Trinajstić information content (AvgIpc) is 2.23. The monoisotopic (exact) mass is 211 g/mol. The van der Waals surface area contributed by atoms with Gasteiger partial charge in [0, 0.05) is 12.7 Å². The lowest BCUT2D eigenvalue weighted by Gasteiger charge is -2.06. The zero-order valence-corrected chi connectivity index (χ0v) is 9.19. The predicted molar refractivity (Wildman–Crippen MR) is 57.6 cm³/mol. The van der Waals surface area contributed by atoms with Gasteiger partial charge in [-0.25, -0.2) is 4.98 Å². The van der Waals surface area contributed by atoms with Crippen LogP contribution >= 0.6 is 0 Å². The van der Waals surface area contributed by atoms with Crippen LogP contribution in [0, 0.1) is 0 Å². The van der Waals surface area contributed by atoms with Gasteiger partial charge in [0.15, 0.2) is 5.82 Å². The van der Waals surface area contributed by atoms with E-state index < -0.39 is 0 Å². The average molecular weight is 211 g/mol. The van der Waals surface area contributed by atoms with Crippen molar-refractivity contribution in [2.24, 2.45) is 0 Å². The zero-order chi connectivity index (χ0) is 11.1. The Morgan fingerprint density at radius 1 is 1.33 bits per heavy atom. The van der Waals surface area contributed by atoms with Crippen LogP contribution in [-0.2, 0) is 11.3 Å². The second kappa shape index (κ2) is 6.19. The van der Waals surface area contributed by atoms with Gasteiger partial charge in [-0.05, 0) is 13.3 Å². The van der Waals surface area contributed by atoms with Gasteiger partial charge >= 0.3 is 0 Å². The molecule has 5 nitrogen and oxygen atoms in total. The summed E-state index contributed by atoms with van der Waals surface area (Å²) < 4.78 is 10.6. The van der Waals surface area contributed by atoms with E-state index in [4.69, 9.17) is 15.2 Å². The SMILES string of the molecule is CCCOc1cc(N)nc(COCC)n1. The summed E-state index contributed by atoms with van der Waals surface area (Å²) in [5.41, 5.74) is 5.62. The molecule has 0 saturated heterocycles. The zero-order valence-electron chi connectivity index (χ0n) is 9.19. The van der Waals surface area contributed by atoms with Crippen LogP contribution in [-0.4, -0.2) is 23.2 Å². The molecule has 0 unspecified atom stereocenters. The van der Waals surface area contributed by atoms with Gasteiger partial charge in [0.1, 0.15) is 12.4 Å². The number of hydrogen-bond donors (Lipinski definition) is 1. The maximum atomic E-state index is 5.62. The molecule has 1 aromatic heterocycles. The van der Waals surface area contributed by atoms with E-state index in [0.29, 0.717) is 37.3 Å². The third-order valence-corrected chi connectivity index (χ3v) is 1.66. The van der Waals surface area contributed by atoms with Crippen LogP contribution in [0.4, 0.5) is 5.82 Å². The van der Waals surface area contributed by atoms with Crippen LogP contribution in [0.2, 0.25) is 0 Å². The highest BCUT2D eigenvalue weighted by molar-refractivity contribution is 5.32. The lowest BCUT2D eigenvalue weighted by atomic mass is 10.5. The normalized spacial score (nSPS) is 10.3. The highest BCUT2D eigenvalue weighted by atomic mass is 16.5. The molecule has 1 aromatic rings. The number of rotatable bonds is 6. The van der Waals surface area contributed by atoms with Crippen molar-refractivity contribution in [1.82, 2.24) is 9.97 Å². The van der Waals surface area contributed by atoms with Crippen molar-refractivity contribution >= 4 is 5.82 Å². The number of ether oxygens (including phenoxy) is 2. The fourth-order valence-corrected chi connectivity index (χ4v) is 1.03. The van der Waals surface area contributed by atoms with E-state index in [-0.39, 0.29) is 0 Å². The largest absolute Gasteiger partial charge is 0.478 e. The van der Waals surface area contributed by atoms with E-state index in [1.165, 1.54) is 0 Å². The lowest BCUT2D eigenvalue weighted by molar-refractivity contribution is 0.127. The molecule has 5 heteroatoms. The lowest BCUT2D eigenvalue weighted by Crippen LogP contribution is -2.05. The summed E-state index contributed by atoms with van der Waals surface area (Å²) >= 11 is 0. The number of anilines is 1. The molecule has 2 N–H and O–H groups in total. The molecule has 84 valence electrons. The molecule has 0 spiro atoms. The molecule has 0 aliphatic carbocycles. The van der Waals surface area contributed by atoms with Crippen molar-refractivity contribution < 1.29 is 9.47 Å². The van der Waals surface area contributed by atoms with Gasteiger partial charge in [0.25, 0.3) is 0 Å². The maximum Gasteiger partial charge on any atom is 0.218 e. The highest BCUT2D eigenvalue weighted by Crippen LogP contribution is 2.11. The molecular weight excluding hydrogens is 194 g/mol. The van der Waals surface area contributed by atoms with Crippen LogP contribution in [0.25, 0.3) is 0 Å². The van der Waals surface area contributed by atoms with Crippen molar-refractivity contribution in [3.63, 3.8) is 0 Å². The molecule has 15 heavy (non-hydrogen) atoms. The standard InChI is InChI=1S/C10H17N3O2/c1-3-5-15-10-6-8(11)12-9(13-10)7-14-4-2/h6H,3-5,7H2,1-2H3,(H2,11,12,13). The van der Waals surface area contributed by atoms with Crippen molar-refractivity contribution in [1.29, 1.82) is 0 Å². The third kappa shape index (κ3) is 4.12. The van der Waals surface area contributed by atoms with Gasteiger partial charge in [-0.2, -0.15) is 4.98 Å². The van der Waals surface area contributed by atoms with E-state index in [1.54, 1.807) is 6.07 Å². The molecule has 0 saturated carbocycles. The van der Waals surface area contributed by atoms with E-state index in [9.17, 15) is 0 Å². The molecule has 0 aromatic carbocycles. The summed E-state index contributed by atoms with van der Waals surface area (Å²) in [4.78, 5) is 8.21. The minimum Gasteiger partial charge on any atom is -0.478 e. The van der Waals surface area contributed by atoms with Crippen LogP contribution in [0.5, 0.6) is 5.88 Å². The number of nitrogen functional groups attached to an aromatic ring is 1. The van der Waals surface area contributed by atoms with Crippen LogP contribution < -0.4 is 10.5 Å². The second-order valence-electron chi connectivity index (χ2n) is 3.03. The molecule has 0 radical (unpaired) electrons. The third-order valence-electron chi connectivity index (χ3n) is 1.66. The molecule has 0 fully saturated rings. The molecular formula is C10H17N3O2. The van der Waals surface area contributed by atoms with Gasteiger partial charge in [-0.15, -0.1) is 0 Å². The summed E-state index contributed by atoms with van der Waals surface area (Å²) in [6.07, 6.45) is 0.935. The Hall–Kier alpha value is -1.36. The van der Waals surface area contributed by atoms with E-state index in [1.807, 2.05) is 13.8 Å². The van der Waals surface area contributed by atoms with Gasteiger partial charge in [-0.3, -0.25) is 0 Å². The summed E-state index contributed by atoms with van der Waals surface area (Å²) in [5, 5.41) is 0. The second-order valence-corrected chi connectivity index (χ2v) is 3.03. The quantitative estimate of drug-likeness (QED) is 0.769. The molecule has 0 amide bonds. The first-order valence-corrected chi connectivity index (χ1v) is 5.10. The molecule has 0 atom stereocenters. The topological polar surface area (TPSA) is 70.3 Å². The molecule has 1 heterocycles. The first kappa shape index (κ1) is 11.7. The number of nitrogens with zero attached hydrogens (tertiary/aromatic N) is 2. The Kier molecular flexibility index (Phi) is 4.83. The van der Waals surface area contributed by atoms with Crippen molar-refractivity contribution in [3.05, 3.63) is 11.9 Å². The van der Waals surface area contributed by atoms with Crippen LogP contribution in [0.1, 0.15) is 26.1 Å². The maximum absolute atomic E-state index is 5.62. The van der Waals surface area contributed by atoms with Gasteiger partial charge < -0.3 is 15.2 Å². The molecule has 0 bridgehead atoms. The summed E-state index contributed by atoms with van der Waals surface area (Å²) in [6, 6.07) is 1.62. The first-order valence-electron chi connectivity index (χ1n) is 5.10. The molecule has 0 aliphatic heterocycles. The number of aromatic nitrogens is 2. The van der Waals surface area contributed by atoms with E-state index in [0.717, 1.165) is 6.42 Å².